The molecule has 0 aliphatic heterocycles. The van der Waals surface area contributed by atoms with Crippen molar-refractivity contribution in [3.05, 3.63) is 199 Å². The van der Waals surface area contributed by atoms with Gasteiger partial charge in [-0.25, -0.2) is 24.5 Å². The third-order valence-corrected chi connectivity index (χ3v) is 20.0. The third kappa shape index (κ3) is 27.6. The number of nitrogens with zero attached hydrogens (tertiary/aromatic N) is 3. The first-order valence-electron chi connectivity index (χ1n) is 37.4. The van der Waals surface area contributed by atoms with Crippen LogP contribution in [0.2, 0.25) is 0 Å². The highest BCUT2D eigenvalue weighted by Crippen LogP contribution is 2.41. The number of rotatable bonds is 48. The fraction of sp³-hybridized carbons (Fsp3) is 0.452. The SMILES string of the molecule is C=CC(=O)OCCCCCCOc1ccc(OOCC2CCC(C(OO)c3ccc(OOCC4CCC(C(=O)Oc5ccc(OCCCCCCOC(=O)C=C)cc5)CC4)c(/C=N/N(CCCCCCCCCCC(=O)OC(c4ccccc4)c4ccccc4)c4nc5ccccc5s4)c3)CC2)cc1. The number of ether oxygens (including phenoxy) is 6. The van der Waals surface area contributed by atoms with Crippen molar-refractivity contribution < 1.29 is 77.3 Å². The molecule has 0 amide bonds. The molecule has 9 rings (SSSR count). The van der Waals surface area contributed by atoms with Crippen molar-refractivity contribution in [2.24, 2.45) is 28.8 Å². The Bertz CT molecular complexity index is 3620. The minimum absolute atomic E-state index is 0.00973. The number of esters is 4. The molecule has 7 aromatic rings. The van der Waals surface area contributed by atoms with E-state index in [4.69, 9.17) is 62.9 Å². The Hall–Kier alpha value is -8.92. The van der Waals surface area contributed by atoms with Crippen molar-refractivity contribution in [2.45, 2.75) is 173 Å². The molecule has 1 aromatic heterocycles. The second-order valence-electron chi connectivity index (χ2n) is 26.8. The highest BCUT2D eigenvalue weighted by Gasteiger charge is 2.32. The van der Waals surface area contributed by atoms with Crippen molar-refractivity contribution in [1.29, 1.82) is 0 Å². The van der Waals surface area contributed by atoms with E-state index in [0.29, 0.717) is 94.0 Å². The van der Waals surface area contributed by atoms with Crippen molar-refractivity contribution in [2.75, 3.05) is 51.2 Å². The summed E-state index contributed by atoms with van der Waals surface area (Å²) < 4.78 is 34.8. The van der Waals surface area contributed by atoms with Crippen molar-refractivity contribution in [3.63, 3.8) is 0 Å². The normalized spacial score (nSPS) is 16.1. The molecule has 1 atom stereocenters. The number of para-hydroxylation sites is 1. The number of anilines is 1. The number of fused-ring (bicyclic) bond motifs is 1. The Morgan fingerprint density at radius 1 is 0.538 bits per heavy atom. The number of hydrazone groups is 1. The van der Waals surface area contributed by atoms with Gasteiger partial charge in [-0.2, -0.15) is 14.9 Å². The van der Waals surface area contributed by atoms with Gasteiger partial charge in [0, 0.05) is 30.7 Å². The smallest absolute Gasteiger partial charge is 0.330 e. The van der Waals surface area contributed by atoms with Crippen LogP contribution in [0.25, 0.3) is 10.2 Å². The van der Waals surface area contributed by atoms with Crippen molar-refractivity contribution in [1.82, 2.24) is 4.98 Å². The zero-order valence-electron chi connectivity index (χ0n) is 60.0. The van der Waals surface area contributed by atoms with Crippen LogP contribution in [0.1, 0.15) is 195 Å². The van der Waals surface area contributed by atoms with E-state index >= 15 is 0 Å². The lowest BCUT2D eigenvalue weighted by atomic mass is 9.78. The molecule has 556 valence electrons. The van der Waals surface area contributed by atoms with Gasteiger partial charge in [-0.3, -0.25) is 14.8 Å². The van der Waals surface area contributed by atoms with Crippen molar-refractivity contribution in [3.8, 4) is 28.7 Å². The first kappa shape index (κ1) is 79.2. The van der Waals surface area contributed by atoms with Gasteiger partial charge in [0.25, 0.3) is 0 Å². The van der Waals surface area contributed by atoms with E-state index in [-0.39, 0.29) is 35.6 Å². The lowest BCUT2D eigenvalue weighted by Gasteiger charge is -2.32. The van der Waals surface area contributed by atoms with Crippen LogP contribution in [0.15, 0.2) is 182 Å². The highest BCUT2D eigenvalue weighted by molar-refractivity contribution is 7.22. The Kier molecular flexibility index (Phi) is 34.5. The topological polar surface area (TPSA) is 219 Å². The Labute approximate surface area is 616 Å². The van der Waals surface area contributed by atoms with E-state index < -0.39 is 24.1 Å². The molecular formula is C84H103N3O16S. The van der Waals surface area contributed by atoms with Crippen LogP contribution >= 0.6 is 11.3 Å². The second-order valence-corrected chi connectivity index (χ2v) is 27.8. The number of hydrogen-bond acceptors (Lipinski definition) is 20. The van der Waals surface area contributed by atoms with E-state index in [1.54, 1.807) is 29.7 Å². The second kappa shape index (κ2) is 45.3. The van der Waals surface area contributed by atoms with Crippen LogP contribution < -0.4 is 29.0 Å². The van der Waals surface area contributed by atoms with Crippen LogP contribution in [-0.4, -0.2) is 86.5 Å². The van der Waals surface area contributed by atoms with Crippen LogP contribution in [0.3, 0.4) is 0 Å². The Morgan fingerprint density at radius 3 is 1.62 bits per heavy atom. The van der Waals surface area contributed by atoms with Gasteiger partial charge in [0.05, 0.1) is 62.0 Å². The quantitative estimate of drug-likeness (QED) is 0.00548. The number of carbonyl (C=O) groups excluding carboxylic acids is 4. The zero-order chi connectivity index (χ0) is 72.6. The lowest BCUT2D eigenvalue weighted by molar-refractivity contribution is -0.296. The van der Waals surface area contributed by atoms with E-state index in [1.807, 2.05) is 138 Å². The number of benzene rings is 6. The highest BCUT2D eigenvalue weighted by atomic mass is 32.1. The van der Waals surface area contributed by atoms with E-state index in [2.05, 4.69) is 19.2 Å². The molecule has 1 unspecified atom stereocenters. The molecule has 0 saturated heterocycles. The molecule has 2 saturated carbocycles. The molecule has 0 bridgehead atoms. The summed E-state index contributed by atoms with van der Waals surface area (Å²) >= 11 is 1.59. The molecule has 1 heterocycles. The predicted molar refractivity (Wildman–Crippen MR) is 403 cm³/mol. The monoisotopic (exact) mass is 1440 g/mol. The van der Waals surface area contributed by atoms with Crippen LogP contribution in [-0.2, 0) is 48.1 Å². The predicted octanol–water partition coefficient (Wildman–Crippen LogP) is 19.4. The molecule has 1 N–H and O–H groups in total. The van der Waals surface area contributed by atoms with Crippen LogP contribution in [0, 0.1) is 23.7 Å². The molecule has 20 heteroatoms. The van der Waals surface area contributed by atoms with Gasteiger partial charge in [-0.15, -0.1) is 0 Å². The fourth-order valence-corrected chi connectivity index (χ4v) is 13.9. The molecule has 2 aliphatic carbocycles. The van der Waals surface area contributed by atoms with Crippen molar-refractivity contribution >= 4 is 56.8 Å². The summed E-state index contributed by atoms with van der Waals surface area (Å²) in [5, 5.41) is 18.6. The number of aromatic nitrogens is 1. The van der Waals surface area contributed by atoms with E-state index in [9.17, 15) is 24.4 Å². The first-order chi connectivity index (χ1) is 51.1. The summed E-state index contributed by atoms with van der Waals surface area (Å²) in [5.74, 6) is 1.89. The van der Waals surface area contributed by atoms with E-state index in [0.717, 1.165) is 179 Å². The summed E-state index contributed by atoms with van der Waals surface area (Å²) in [6, 6.07) is 48.1. The standard InChI is InChI=1S/C84H103N3O16S/c1-3-78(88)95-57-27-13-11-25-55-93-71-45-49-73(50-46-71)99-83(91)68-42-38-64(39-43-68)62-98-103-76-53-44-69(82(101-92)67-40-36-63(37-41-67)61-97-102-74-51-47-72(48-52-74)94-56-26-12-14-28-58-96-79(89)4-2)59-70(76)60-85-87(84-86-75-33-22-23-34-77(75)104-84)54-24-10-8-6-5-7-9-21-35-80(90)100-81(65-29-17-15-18-30-65)66-31-19-16-20-32-66/h3-4,15-20,22-23,29-34,44-53,59-60,63-64,67-68,81-82,92H,1-2,5-14,21,24-28,35-43,54-58,61-62H2/b85-60+. The number of thiazole rings is 1. The Balaban J connectivity index is 0.761. The van der Waals surface area contributed by atoms with Gasteiger partial charge >= 0.3 is 23.9 Å². The molecule has 6 aromatic carbocycles. The van der Waals surface area contributed by atoms with Gasteiger partial charge in [0.2, 0.25) is 5.13 Å². The molecule has 19 nitrogen and oxygen atoms in total. The largest absolute Gasteiger partial charge is 0.494 e. The molecule has 0 radical (unpaired) electrons. The zero-order valence-corrected chi connectivity index (χ0v) is 60.8. The van der Waals surface area contributed by atoms with Gasteiger partial charge in [0.1, 0.15) is 23.4 Å². The van der Waals surface area contributed by atoms with Crippen LogP contribution in [0.4, 0.5) is 5.13 Å². The average Bonchev–Trinajstić information content (AvgIpc) is 1.63. The van der Waals surface area contributed by atoms with Gasteiger partial charge in [0.15, 0.2) is 17.6 Å². The van der Waals surface area contributed by atoms with Crippen LogP contribution in [0.5, 0.6) is 28.7 Å². The maximum absolute atomic E-state index is 13.4. The number of carbonyl (C=O) groups is 4. The van der Waals surface area contributed by atoms with E-state index in [1.165, 1.54) is 12.2 Å². The maximum Gasteiger partial charge on any atom is 0.330 e. The summed E-state index contributed by atoms with van der Waals surface area (Å²) in [6.07, 6.45) is 24.6. The molecular weight excluding hydrogens is 1340 g/mol. The number of unbranched alkanes of at least 4 members (excludes halogenated alkanes) is 13. The maximum atomic E-state index is 13.4. The van der Waals surface area contributed by atoms with Gasteiger partial charge < -0.3 is 38.2 Å². The summed E-state index contributed by atoms with van der Waals surface area (Å²) in [6.45, 7) is 10.1. The molecule has 0 spiro atoms. The molecule has 104 heavy (non-hydrogen) atoms. The lowest BCUT2D eigenvalue weighted by Crippen LogP contribution is -2.27. The fourth-order valence-electron chi connectivity index (χ4n) is 13.0. The van der Waals surface area contributed by atoms with Gasteiger partial charge in [-0.05, 0) is 223 Å². The minimum Gasteiger partial charge on any atom is -0.494 e. The average molecular weight is 1440 g/mol. The number of hydrogen-bond donors (Lipinski definition) is 1. The minimum atomic E-state index is -0.629. The summed E-state index contributed by atoms with van der Waals surface area (Å²) in [4.78, 5) is 83.1. The third-order valence-electron chi connectivity index (χ3n) is 19.0. The molecule has 2 fully saturated rings. The van der Waals surface area contributed by atoms with Gasteiger partial charge in [-0.1, -0.05) is 142 Å². The Morgan fingerprint density at radius 2 is 1.05 bits per heavy atom. The summed E-state index contributed by atoms with van der Waals surface area (Å²) in [5.41, 5.74) is 4.22. The molecule has 2 aliphatic rings. The first-order valence-corrected chi connectivity index (χ1v) is 38.2. The summed E-state index contributed by atoms with van der Waals surface area (Å²) in [7, 11) is 0.